The quantitative estimate of drug-likeness (QED) is 0.759. The van der Waals surface area contributed by atoms with Crippen LogP contribution in [0.4, 0.5) is 0 Å². The molecule has 3 aromatic rings. The van der Waals surface area contributed by atoms with Gasteiger partial charge in [0.05, 0.1) is 11.0 Å². The van der Waals surface area contributed by atoms with Crippen LogP contribution in [0.1, 0.15) is 11.4 Å². The number of amides is 1. The molecule has 1 heterocycles. The lowest BCUT2D eigenvalue weighted by Gasteiger charge is -2.10. The Kier molecular flexibility index (Phi) is 4.79. The number of ether oxygens (including phenoxy) is 1. The monoisotopic (exact) mass is 323 g/mol. The van der Waals surface area contributed by atoms with Crippen LogP contribution >= 0.6 is 0 Å². The largest absolute Gasteiger partial charge is 0.484 e. The number of carbonyl (C=O) groups is 1. The Bertz CT molecular complexity index is 837. The van der Waals surface area contributed by atoms with Crippen molar-refractivity contribution in [2.24, 2.45) is 0 Å². The maximum atomic E-state index is 11.9. The molecule has 0 radical (unpaired) electrons. The van der Waals surface area contributed by atoms with Crippen LogP contribution < -0.4 is 10.1 Å². The van der Waals surface area contributed by atoms with Gasteiger partial charge in [-0.25, -0.2) is 4.98 Å². The first-order valence-electron chi connectivity index (χ1n) is 8.01. The molecule has 0 aliphatic carbocycles. The number of aromatic nitrogens is 2. The lowest BCUT2D eigenvalue weighted by atomic mass is 10.2. The first-order valence-corrected chi connectivity index (χ1v) is 8.01. The molecule has 1 N–H and O–H groups in total. The summed E-state index contributed by atoms with van der Waals surface area (Å²) in [7, 11) is 0. The predicted molar refractivity (Wildman–Crippen MR) is 94.2 cm³/mol. The van der Waals surface area contributed by atoms with Crippen LogP contribution in [0.2, 0.25) is 0 Å². The molecule has 5 nitrogen and oxygen atoms in total. The number of hydrogen-bond donors (Lipinski definition) is 1. The van der Waals surface area contributed by atoms with Gasteiger partial charge >= 0.3 is 0 Å². The van der Waals surface area contributed by atoms with E-state index >= 15 is 0 Å². The van der Waals surface area contributed by atoms with Crippen LogP contribution in [0.5, 0.6) is 5.75 Å². The van der Waals surface area contributed by atoms with Crippen molar-refractivity contribution < 1.29 is 9.53 Å². The van der Waals surface area contributed by atoms with E-state index in [1.165, 1.54) is 0 Å². The number of benzene rings is 2. The van der Waals surface area contributed by atoms with Crippen molar-refractivity contribution in [3.63, 3.8) is 0 Å². The molecule has 1 aromatic heterocycles. The molecule has 0 spiro atoms. The molecule has 1 amide bonds. The first-order chi connectivity index (χ1) is 11.6. The molecule has 2 aromatic carbocycles. The third-order valence-electron chi connectivity index (χ3n) is 3.89. The highest BCUT2D eigenvalue weighted by atomic mass is 16.5. The topological polar surface area (TPSA) is 56.1 Å². The fraction of sp³-hybridized carbons (Fsp3) is 0.263. The zero-order valence-electron chi connectivity index (χ0n) is 14.0. The molecule has 24 heavy (non-hydrogen) atoms. The van der Waals surface area contributed by atoms with Gasteiger partial charge in [-0.1, -0.05) is 29.8 Å². The maximum Gasteiger partial charge on any atom is 0.258 e. The van der Waals surface area contributed by atoms with Crippen molar-refractivity contribution in [1.29, 1.82) is 0 Å². The normalized spacial score (nSPS) is 10.8. The summed E-state index contributed by atoms with van der Waals surface area (Å²) in [6.45, 7) is 5.23. The van der Waals surface area contributed by atoms with Gasteiger partial charge in [-0.15, -0.1) is 0 Å². The number of aryl methyl sites for hydroxylation is 2. The summed E-state index contributed by atoms with van der Waals surface area (Å²) in [4.78, 5) is 16.4. The van der Waals surface area contributed by atoms with Crippen LogP contribution in [-0.4, -0.2) is 28.6 Å². The third-order valence-corrected chi connectivity index (χ3v) is 3.89. The van der Waals surface area contributed by atoms with E-state index in [0.29, 0.717) is 18.8 Å². The molecule has 0 bridgehead atoms. The van der Waals surface area contributed by atoms with Gasteiger partial charge in [-0.05, 0) is 38.1 Å². The van der Waals surface area contributed by atoms with Gasteiger partial charge in [0.25, 0.3) is 5.91 Å². The van der Waals surface area contributed by atoms with Crippen molar-refractivity contribution in [2.75, 3.05) is 13.2 Å². The van der Waals surface area contributed by atoms with E-state index in [1.54, 1.807) is 0 Å². The Morgan fingerprint density at radius 3 is 2.67 bits per heavy atom. The third kappa shape index (κ3) is 3.74. The summed E-state index contributed by atoms with van der Waals surface area (Å²) in [6.07, 6.45) is 0. The van der Waals surface area contributed by atoms with E-state index in [4.69, 9.17) is 4.74 Å². The average Bonchev–Trinajstić information content (AvgIpc) is 2.90. The van der Waals surface area contributed by atoms with Crippen LogP contribution in [0.25, 0.3) is 11.0 Å². The number of nitrogens with zero attached hydrogens (tertiary/aromatic N) is 2. The van der Waals surface area contributed by atoms with Gasteiger partial charge in [0.1, 0.15) is 11.6 Å². The number of rotatable bonds is 6. The summed E-state index contributed by atoms with van der Waals surface area (Å²) in [5, 5.41) is 2.88. The zero-order valence-corrected chi connectivity index (χ0v) is 14.0. The second-order valence-electron chi connectivity index (χ2n) is 5.75. The number of imidazole rings is 1. The Balaban J connectivity index is 1.49. The fourth-order valence-corrected chi connectivity index (χ4v) is 2.62. The average molecular weight is 323 g/mol. The van der Waals surface area contributed by atoms with Crippen LogP contribution in [-0.2, 0) is 11.3 Å². The van der Waals surface area contributed by atoms with Gasteiger partial charge in [0.2, 0.25) is 0 Å². The lowest BCUT2D eigenvalue weighted by molar-refractivity contribution is -0.123. The van der Waals surface area contributed by atoms with E-state index < -0.39 is 0 Å². The summed E-state index contributed by atoms with van der Waals surface area (Å²) >= 11 is 0. The molecule has 0 atom stereocenters. The van der Waals surface area contributed by atoms with Crippen molar-refractivity contribution >= 4 is 16.9 Å². The summed E-state index contributed by atoms with van der Waals surface area (Å²) in [5.74, 6) is 1.52. The molecule has 0 fully saturated rings. The molecular weight excluding hydrogens is 302 g/mol. The second-order valence-corrected chi connectivity index (χ2v) is 5.75. The van der Waals surface area contributed by atoms with E-state index in [1.807, 2.05) is 62.4 Å². The Morgan fingerprint density at radius 1 is 1.12 bits per heavy atom. The van der Waals surface area contributed by atoms with E-state index in [2.05, 4.69) is 14.9 Å². The number of hydrogen-bond acceptors (Lipinski definition) is 3. The van der Waals surface area contributed by atoms with Gasteiger partial charge in [0.15, 0.2) is 6.61 Å². The van der Waals surface area contributed by atoms with E-state index in [-0.39, 0.29) is 12.5 Å². The number of nitrogens with one attached hydrogen (secondary N) is 1. The first kappa shape index (κ1) is 16.1. The summed E-state index contributed by atoms with van der Waals surface area (Å²) in [6, 6.07) is 15.6. The smallest absolute Gasteiger partial charge is 0.258 e. The zero-order chi connectivity index (χ0) is 16.9. The van der Waals surface area contributed by atoms with Crippen molar-refractivity contribution in [1.82, 2.24) is 14.9 Å². The molecule has 5 heteroatoms. The van der Waals surface area contributed by atoms with E-state index in [0.717, 1.165) is 22.4 Å². The highest BCUT2D eigenvalue weighted by Crippen LogP contribution is 2.15. The molecular formula is C19H21N3O2. The van der Waals surface area contributed by atoms with Crippen molar-refractivity contribution in [3.8, 4) is 5.75 Å². The van der Waals surface area contributed by atoms with Crippen molar-refractivity contribution in [3.05, 3.63) is 59.9 Å². The highest BCUT2D eigenvalue weighted by Gasteiger charge is 2.07. The van der Waals surface area contributed by atoms with Crippen LogP contribution in [0.15, 0.2) is 48.5 Å². The van der Waals surface area contributed by atoms with E-state index in [9.17, 15) is 4.79 Å². The molecule has 0 saturated heterocycles. The number of fused-ring (bicyclic) bond motifs is 1. The van der Waals surface area contributed by atoms with Gasteiger partial charge in [0, 0.05) is 13.1 Å². The maximum absolute atomic E-state index is 11.9. The minimum Gasteiger partial charge on any atom is -0.484 e. The SMILES string of the molecule is Cc1ccc(OCC(=O)NCCn2c(C)nc3ccccc32)cc1. The molecule has 0 aliphatic rings. The van der Waals surface area contributed by atoms with Gasteiger partial charge in [-0.3, -0.25) is 4.79 Å². The lowest BCUT2D eigenvalue weighted by Crippen LogP contribution is -2.31. The molecule has 0 saturated carbocycles. The molecule has 0 unspecified atom stereocenters. The Morgan fingerprint density at radius 2 is 1.88 bits per heavy atom. The molecule has 0 aliphatic heterocycles. The summed E-state index contributed by atoms with van der Waals surface area (Å²) < 4.78 is 7.58. The molecule has 3 rings (SSSR count). The number of carbonyl (C=O) groups excluding carboxylic acids is 1. The van der Waals surface area contributed by atoms with Crippen LogP contribution in [0.3, 0.4) is 0 Å². The summed E-state index contributed by atoms with van der Waals surface area (Å²) in [5.41, 5.74) is 3.22. The van der Waals surface area contributed by atoms with Gasteiger partial charge in [-0.2, -0.15) is 0 Å². The predicted octanol–water partition coefficient (Wildman–Crippen LogP) is 2.85. The van der Waals surface area contributed by atoms with Crippen molar-refractivity contribution in [2.45, 2.75) is 20.4 Å². The molecule has 124 valence electrons. The van der Waals surface area contributed by atoms with Crippen LogP contribution in [0, 0.1) is 13.8 Å². The Hall–Kier alpha value is -2.82. The Labute approximate surface area is 141 Å². The number of para-hydroxylation sites is 2. The second kappa shape index (κ2) is 7.17. The van der Waals surface area contributed by atoms with Gasteiger partial charge < -0.3 is 14.6 Å². The fourth-order valence-electron chi connectivity index (χ4n) is 2.62. The highest BCUT2D eigenvalue weighted by molar-refractivity contribution is 5.77. The minimum absolute atomic E-state index is 0.0206. The minimum atomic E-state index is -0.127. The standard InChI is InChI=1S/C19H21N3O2/c1-14-7-9-16(10-8-14)24-13-19(23)20-11-12-22-15(2)21-17-5-3-4-6-18(17)22/h3-10H,11-13H2,1-2H3,(H,20,23).